The van der Waals surface area contributed by atoms with Crippen molar-refractivity contribution in [1.82, 2.24) is 24.8 Å². The topological polar surface area (TPSA) is 101 Å². The van der Waals surface area contributed by atoms with Crippen molar-refractivity contribution in [3.8, 4) is 10.6 Å². The molecule has 4 aliphatic rings. The number of aryl methyl sites for hydroxylation is 2. The van der Waals surface area contributed by atoms with Gasteiger partial charge in [-0.25, -0.2) is 15.0 Å². The second-order valence-electron chi connectivity index (χ2n) is 9.65. The van der Waals surface area contributed by atoms with Crippen LogP contribution in [0, 0.1) is 19.8 Å². The van der Waals surface area contributed by atoms with E-state index in [4.69, 9.17) is 4.74 Å². The van der Waals surface area contributed by atoms with Crippen LogP contribution in [0.5, 0.6) is 0 Å². The molecule has 2 aliphatic carbocycles. The Balaban J connectivity index is 1.04. The first-order valence-electron chi connectivity index (χ1n) is 11.9. The number of nitrogens with one attached hydrogen (secondary N) is 1. The van der Waals surface area contributed by atoms with E-state index in [-0.39, 0.29) is 42.0 Å². The summed E-state index contributed by atoms with van der Waals surface area (Å²) in [7, 11) is 0. The zero-order chi connectivity index (χ0) is 23.8. The number of hydrogen-bond acceptors (Lipinski definition) is 9. The van der Waals surface area contributed by atoms with Crippen LogP contribution in [-0.4, -0.2) is 73.9 Å². The molecule has 4 fully saturated rings. The maximum atomic E-state index is 13.4. The van der Waals surface area contributed by atoms with E-state index in [2.05, 4.69) is 20.3 Å². The van der Waals surface area contributed by atoms with Crippen LogP contribution in [-0.2, 0) is 9.53 Å². The van der Waals surface area contributed by atoms with Crippen molar-refractivity contribution in [1.29, 1.82) is 0 Å². The van der Waals surface area contributed by atoms with E-state index in [1.165, 1.54) is 11.3 Å². The molecule has 9 nitrogen and oxygen atoms in total. The molecule has 0 radical (unpaired) electrons. The third-order valence-electron chi connectivity index (χ3n) is 7.18. The van der Waals surface area contributed by atoms with E-state index >= 15 is 0 Å². The molecular formula is C24H24N6O3S2. The summed E-state index contributed by atoms with van der Waals surface area (Å²) in [5.74, 6) is 1.02. The van der Waals surface area contributed by atoms with Gasteiger partial charge in [0.05, 0.1) is 51.6 Å². The zero-order valence-corrected chi connectivity index (χ0v) is 20.9. The van der Waals surface area contributed by atoms with Crippen molar-refractivity contribution >= 4 is 45.4 Å². The second-order valence-corrected chi connectivity index (χ2v) is 11.7. The van der Waals surface area contributed by atoms with Crippen LogP contribution in [0.4, 0.5) is 10.9 Å². The van der Waals surface area contributed by atoms with Gasteiger partial charge >= 0.3 is 0 Å². The SMILES string of the molecule is Cc1nc(C)c(-c2csc(Nc3ccc(C(=O)N4[C@H]5COC6[C@@H]4[C@H]6N(C(=O)C4CC4)C5)cn3)n2)s1. The summed E-state index contributed by atoms with van der Waals surface area (Å²) in [5.41, 5.74) is 2.44. The highest BCUT2D eigenvalue weighted by Gasteiger charge is 2.68. The summed E-state index contributed by atoms with van der Waals surface area (Å²) < 4.78 is 5.94. The van der Waals surface area contributed by atoms with Crippen LogP contribution in [0.25, 0.3) is 10.6 Å². The normalized spacial score (nSPS) is 26.6. The molecule has 2 bridgehead atoms. The number of carbonyl (C=O) groups is 2. The summed E-state index contributed by atoms with van der Waals surface area (Å²) in [5, 5.41) is 7.01. The number of piperazine rings is 1. The maximum Gasteiger partial charge on any atom is 0.256 e. The summed E-state index contributed by atoms with van der Waals surface area (Å²) >= 11 is 3.15. The lowest BCUT2D eigenvalue weighted by atomic mass is 10.1. The number of pyridine rings is 1. The Kier molecular flexibility index (Phi) is 4.77. The average molecular weight is 509 g/mol. The second kappa shape index (κ2) is 7.81. The van der Waals surface area contributed by atoms with Gasteiger partial charge in [0.25, 0.3) is 5.91 Å². The Morgan fingerprint density at radius 2 is 2.03 bits per heavy atom. The van der Waals surface area contributed by atoms with Gasteiger partial charge in [-0.1, -0.05) is 0 Å². The number of morpholine rings is 1. The molecule has 35 heavy (non-hydrogen) atoms. The van der Waals surface area contributed by atoms with Crippen molar-refractivity contribution in [3.05, 3.63) is 40.0 Å². The number of anilines is 2. The molecule has 1 unspecified atom stereocenters. The lowest BCUT2D eigenvalue weighted by Gasteiger charge is -2.41. The molecular weight excluding hydrogens is 484 g/mol. The van der Waals surface area contributed by atoms with Crippen LogP contribution in [0.2, 0.25) is 0 Å². The van der Waals surface area contributed by atoms with E-state index in [0.717, 1.165) is 39.2 Å². The van der Waals surface area contributed by atoms with Gasteiger partial charge < -0.3 is 19.9 Å². The van der Waals surface area contributed by atoms with Gasteiger partial charge in [0, 0.05) is 24.0 Å². The Hall–Kier alpha value is -2.89. The zero-order valence-electron chi connectivity index (χ0n) is 19.3. The summed E-state index contributed by atoms with van der Waals surface area (Å²) in [4.78, 5) is 44.7. The third kappa shape index (κ3) is 3.56. The fraction of sp³-hybridized carbons (Fsp3) is 0.458. The van der Waals surface area contributed by atoms with Crippen molar-refractivity contribution in [2.45, 2.75) is 50.9 Å². The quantitative estimate of drug-likeness (QED) is 0.565. The highest BCUT2D eigenvalue weighted by molar-refractivity contribution is 7.16. The predicted octanol–water partition coefficient (Wildman–Crippen LogP) is 3.23. The fourth-order valence-electron chi connectivity index (χ4n) is 5.33. The Bertz CT molecular complexity index is 1330. The van der Waals surface area contributed by atoms with Crippen molar-refractivity contribution in [2.24, 2.45) is 5.92 Å². The van der Waals surface area contributed by atoms with Gasteiger partial charge in [0.1, 0.15) is 11.9 Å². The predicted molar refractivity (Wildman–Crippen MR) is 132 cm³/mol. The molecule has 3 aromatic rings. The standard InChI is InChI=1S/C24H24N6O3S2/c1-11-21(35-12(2)26-11)16-10-34-24(27-16)28-17-6-5-14(7-25-17)23(32)30-15-8-29(22(31)13-3-4-13)18-19(30)20(18)33-9-15/h5-7,10,13,15,18-20H,3-4,8-9H2,1-2H3,(H,25,27,28)/t15-,18-,19+,20?/m1/s1. The lowest BCUT2D eigenvalue weighted by Crippen LogP contribution is -2.58. The molecule has 180 valence electrons. The molecule has 0 spiro atoms. The molecule has 7 rings (SSSR count). The molecule has 11 heteroatoms. The van der Waals surface area contributed by atoms with Crippen molar-refractivity contribution < 1.29 is 14.3 Å². The molecule has 2 saturated carbocycles. The van der Waals surface area contributed by atoms with Gasteiger partial charge in [-0.2, -0.15) is 0 Å². The van der Waals surface area contributed by atoms with E-state index in [0.29, 0.717) is 24.5 Å². The van der Waals surface area contributed by atoms with Gasteiger partial charge in [-0.3, -0.25) is 9.59 Å². The Morgan fingerprint density at radius 1 is 1.17 bits per heavy atom. The van der Waals surface area contributed by atoms with E-state index in [1.54, 1.807) is 23.6 Å². The van der Waals surface area contributed by atoms with E-state index in [9.17, 15) is 9.59 Å². The first-order valence-corrected chi connectivity index (χ1v) is 13.6. The van der Waals surface area contributed by atoms with E-state index in [1.807, 2.05) is 35.1 Å². The number of nitrogens with zero attached hydrogens (tertiary/aromatic N) is 5. The molecule has 5 heterocycles. The van der Waals surface area contributed by atoms with Gasteiger partial charge in [0.2, 0.25) is 5.91 Å². The number of hydrogen-bond donors (Lipinski definition) is 1. The Morgan fingerprint density at radius 3 is 2.74 bits per heavy atom. The minimum Gasteiger partial charge on any atom is -0.372 e. The average Bonchev–Trinajstić information content (AvgIpc) is 3.76. The highest BCUT2D eigenvalue weighted by atomic mass is 32.1. The van der Waals surface area contributed by atoms with Crippen LogP contribution < -0.4 is 5.32 Å². The highest BCUT2D eigenvalue weighted by Crippen LogP contribution is 2.48. The van der Waals surface area contributed by atoms with Crippen LogP contribution in [0.1, 0.15) is 33.9 Å². The number of fused-ring (bicyclic) bond motifs is 2. The summed E-state index contributed by atoms with van der Waals surface area (Å²) in [6.07, 6.45) is 3.54. The van der Waals surface area contributed by atoms with Crippen LogP contribution >= 0.6 is 22.7 Å². The van der Waals surface area contributed by atoms with Gasteiger partial charge in [-0.15, -0.1) is 22.7 Å². The fourth-order valence-corrected chi connectivity index (χ4v) is 6.99. The van der Waals surface area contributed by atoms with Crippen molar-refractivity contribution in [3.63, 3.8) is 0 Å². The number of amides is 2. The molecule has 2 saturated heterocycles. The van der Waals surface area contributed by atoms with Gasteiger partial charge in [-0.05, 0) is 38.8 Å². The molecule has 1 N–H and O–H groups in total. The van der Waals surface area contributed by atoms with Gasteiger partial charge in [0.15, 0.2) is 5.13 Å². The largest absolute Gasteiger partial charge is 0.372 e. The van der Waals surface area contributed by atoms with E-state index < -0.39 is 0 Å². The summed E-state index contributed by atoms with van der Waals surface area (Å²) in [6.45, 7) is 5.04. The Labute approximate surface area is 210 Å². The number of thiazole rings is 2. The molecule has 2 amide bonds. The minimum atomic E-state index is -0.101. The summed E-state index contributed by atoms with van der Waals surface area (Å²) in [6, 6.07) is 3.47. The first-order chi connectivity index (χ1) is 17.0. The van der Waals surface area contributed by atoms with Crippen LogP contribution in [0.15, 0.2) is 23.7 Å². The smallest absolute Gasteiger partial charge is 0.256 e. The molecule has 2 aliphatic heterocycles. The number of rotatable bonds is 5. The van der Waals surface area contributed by atoms with Crippen LogP contribution in [0.3, 0.4) is 0 Å². The lowest BCUT2D eigenvalue weighted by molar-refractivity contribution is -0.135. The number of ether oxygens (including phenoxy) is 1. The molecule has 0 aromatic carbocycles. The molecule has 3 aromatic heterocycles. The maximum absolute atomic E-state index is 13.4. The monoisotopic (exact) mass is 508 g/mol. The minimum absolute atomic E-state index is 0.00441. The third-order valence-corrected chi connectivity index (χ3v) is 9.03. The first kappa shape index (κ1) is 21.4. The number of carbonyl (C=O) groups excluding carboxylic acids is 2. The number of aromatic nitrogens is 3. The molecule has 4 atom stereocenters. The van der Waals surface area contributed by atoms with Crippen molar-refractivity contribution in [2.75, 3.05) is 18.5 Å².